The Kier molecular flexibility index (Phi) is 3.29. The molecule has 1 aliphatic carbocycles. The number of anilines is 1. The van der Waals surface area contributed by atoms with Gasteiger partial charge in [0.05, 0.1) is 0 Å². The molecule has 1 saturated heterocycles. The van der Waals surface area contributed by atoms with Gasteiger partial charge in [0.1, 0.15) is 5.82 Å². The van der Waals surface area contributed by atoms with Crippen LogP contribution in [-0.2, 0) is 0 Å². The molecule has 0 aromatic carbocycles. The molecule has 1 aromatic heterocycles. The van der Waals surface area contributed by atoms with Crippen molar-refractivity contribution in [2.24, 2.45) is 0 Å². The smallest absolute Gasteiger partial charge is 0.205 e. The number of nitrogens with zero attached hydrogens (tertiary/aromatic N) is 3. The molecule has 1 unspecified atom stereocenters. The minimum absolute atomic E-state index is 0.627. The first kappa shape index (κ1) is 11.4. The van der Waals surface area contributed by atoms with Crippen LogP contribution in [0.25, 0.3) is 0 Å². The Bertz CT molecular complexity index is 368. The summed E-state index contributed by atoms with van der Waals surface area (Å²) in [6.07, 6.45) is 6.53. The van der Waals surface area contributed by atoms with E-state index in [2.05, 4.69) is 26.6 Å². The monoisotopic (exact) mass is 252 g/mol. The van der Waals surface area contributed by atoms with Gasteiger partial charge in [0.25, 0.3) is 0 Å². The van der Waals surface area contributed by atoms with Gasteiger partial charge in [-0.1, -0.05) is 6.42 Å². The predicted molar refractivity (Wildman–Crippen MR) is 70.8 cm³/mol. The van der Waals surface area contributed by atoms with Gasteiger partial charge in [0, 0.05) is 37.1 Å². The maximum atomic E-state index is 4.64. The van der Waals surface area contributed by atoms with Gasteiger partial charge in [-0.15, -0.1) is 0 Å². The zero-order chi connectivity index (χ0) is 11.7. The lowest BCUT2D eigenvalue weighted by molar-refractivity contribution is 0.403. The van der Waals surface area contributed by atoms with E-state index in [4.69, 9.17) is 0 Å². The van der Waals surface area contributed by atoms with E-state index in [1.54, 1.807) is 11.5 Å². The van der Waals surface area contributed by atoms with Crippen molar-refractivity contribution in [1.82, 2.24) is 14.7 Å². The van der Waals surface area contributed by atoms with Gasteiger partial charge < -0.3 is 10.2 Å². The van der Waals surface area contributed by atoms with Crippen LogP contribution in [0.3, 0.4) is 0 Å². The van der Waals surface area contributed by atoms with Crippen LogP contribution < -0.4 is 10.2 Å². The van der Waals surface area contributed by atoms with E-state index in [0.29, 0.717) is 12.0 Å². The Morgan fingerprint density at radius 2 is 2.24 bits per heavy atom. The van der Waals surface area contributed by atoms with Crippen molar-refractivity contribution < 1.29 is 0 Å². The Morgan fingerprint density at radius 1 is 1.35 bits per heavy atom. The van der Waals surface area contributed by atoms with Crippen LogP contribution >= 0.6 is 11.5 Å². The van der Waals surface area contributed by atoms with E-state index in [1.165, 1.54) is 38.6 Å². The van der Waals surface area contributed by atoms with Gasteiger partial charge in [-0.3, -0.25) is 0 Å². The zero-order valence-electron chi connectivity index (χ0n) is 10.4. The quantitative estimate of drug-likeness (QED) is 0.890. The van der Waals surface area contributed by atoms with Gasteiger partial charge in [-0.25, -0.2) is 4.98 Å². The molecule has 0 bridgehead atoms. The van der Waals surface area contributed by atoms with Crippen LogP contribution in [0.2, 0.25) is 0 Å². The Hall–Kier alpha value is -0.680. The molecule has 3 rings (SSSR count). The summed E-state index contributed by atoms with van der Waals surface area (Å²) in [5.41, 5.74) is 0. The maximum absolute atomic E-state index is 4.64. The van der Waals surface area contributed by atoms with Crippen molar-refractivity contribution in [2.45, 2.75) is 44.1 Å². The summed E-state index contributed by atoms with van der Waals surface area (Å²) in [7, 11) is 2.13. The molecule has 1 aromatic rings. The molecule has 2 fully saturated rings. The fourth-order valence-electron chi connectivity index (χ4n) is 2.38. The fourth-order valence-corrected chi connectivity index (χ4v) is 3.09. The van der Waals surface area contributed by atoms with Gasteiger partial charge in [0.15, 0.2) is 0 Å². The van der Waals surface area contributed by atoms with Crippen LogP contribution in [0.1, 0.15) is 43.8 Å². The first-order valence-electron chi connectivity index (χ1n) is 6.61. The first-order chi connectivity index (χ1) is 8.33. The summed E-state index contributed by atoms with van der Waals surface area (Å²) < 4.78 is 4.46. The molecule has 0 radical (unpaired) electrons. The van der Waals surface area contributed by atoms with E-state index in [0.717, 1.165) is 17.5 Å². The molecule has 4 nitrogen and oxygen atoms in total. The highest BCUT2D eigenvalue weighted by Gasteiger charge is 2.28. The van der Waals surface area contributed by atoms with Crippen LogP contribution in [0.15, 0.2) is 0 Å². The van der Waals surface area contributed by atoms with E-state index in [1.807, 2.05) is 0 Å². The van der Waals surface area contributed by atoms with E-state index in [9.17, 15) is 0 Å². The highest BCUT2D eigenvalue weighted by Crippen LogP contribution is 2.39. The molecule has 1 saturated carbocycles. The summed E-state index contributed by atoms with van der Waals surface area (Å²) in [6.45, 7) is 2.22. The average Bonchev–Trinajstić information content (AvgIpc) is 3.08. The number of aromatic nitrogens is 2. The Labute approximate surface area is 107 Å². The third kappa shape index (κ3) is 2.77. The first-order valence-corrected chi connectivity index (χ1v) is 7.38. The van der Waals surface area contributed by atoms with Crippen molar-refractivity contribution in [3.8, 4) is 0 Å². The van der Waals surface area contributed by atoms with Crippen molar-refractivity contribution in [3.05, 3.63) is 5.82 Å². The predicted octanol–water partition coefficient (Wildman–Crippen LogP) is 1.99. The summed E-state index contributed by atoms with van der Waals surface area (Å²) in [5, 5.41) is 4.66. The highest BCUT2D eigenvalue weighted by atomic mass is 32.1. The van der Waals surface area contributed by atoms with Crippen LogP contribution in [0.5, 0.6) is 0 Å². The molecule has 2 aliphatic rings. The second-order valence-electron chi connectivity index (χ2n) is 5.24. The molecule has 17 heavy (non-hydrogen) atoms. The minimum Gasteiger partial charge on any atom is -0.348 e. The molecule has 94 valence electrons. The SMILES string of the molecule is CN(CC1CCCCN1)c1nc(C2CC2)ns1. The third-order valence-electron chi connectivity index (χ3n) is 3.61. The molecule has 5 heteroatoms. The van der Waals surface area contributed by atoms with Crippen molar-refractivity contribution in [1.29, 1.82) is 0 Å². The topological polar surface area (TPSA) is 41.0 Å². The molecule has 1 atom stereocenters. The minimum atomic E-state index is 0.627. The van der Waals surface area contributed by atoms with Crippen LogP contribution in [-0.4, -0.2) is 35.5 Å². The lowest BCUT2D eigenvalue weighted by Crippen LogP contribution is -2.42. The second kappa shape index (κ2) is 4.90. The number of likely N-dealkylation sites (N-methyl/N-ethyl adjacent to an activating group) is 1. The highest BCUT2D eigenvalue weighted by molar-refractivity contribution is 7.09. The molecular formula is C12H20N4S. The molecular weight excluding hydrogens is 232 g/mol. The van der Waals surface area contributed by atoms with E-state index >= 15 is 0 Å². The lowest BCUT2D eigenvalue weighted by atomic mass is 10.1. The molecule has 2 heterocycles. The van der Waals surface area contributed by atoms with Gasteiger partial charge >= 0.3 is 0 Å². The van der Waals surface area contributed by atoms with Gasteiger partial charge in [0.2, 0.25) is 5.13 Å². The summed E-state index contributed by atoms with van der Waals surface area (Å²) in [4.78, 5) is 6.90. The van der Waals surface area contributed by atoms with Crippen LogP contribution in [0.4, 0.5) is 5.13 Å². The largest absolute Gasteiger partial charge is 0.348 e. The van der Waals surface area contributed by atoms with E-state index in [-0.39, 0.29) is 0 Å². The van der Waals surface area contributed by atoms with E-state index < -0.39 is 0 Å². The van der Waals surface area contributed by atoms with Crippen molar-refractivity contribution in [2.75, 3.05) is 25.0 Å². The third-order valence-corrected chi connectivity index (χ3v) is 4.45. The Balaban J connectivity index is 1.57. The lowest BCUT2D eigenvalue weighted by Gasteiger charge is -2.27. The van der Waals surface area contributed by atoms with Gasteiger partial charge in [-0.05, 0) is 32.2 Å². The number of hydrogen-bond donors (Lipinski definition) is 1. The molecule has 0 spiro atoms. The molecule has 1 aliphatic heterocycles. The number of nitrogens with one attached hydrogen (secondary N) is 1. The summed E-state index contributed by atoms with van der Waals surface area (Å²) in [5.74, 6) is 1.75. The number of rotatable bonds is 4. The number of hydrogen-bond acceptors (Lipinski definition) is 5. The van der Waals surface area contributed by atoms with Gasteiger partial charge in [-0.2, -0.15) is 4.37 Å². The number of piperidine rings is 1. The molecule has 0 amide bonds. The fraction of sp³-hybridized carbons (Fsp3) is 0.833. The zero-order valence-corrected chi connectivity index (χ0v) is 11.2. The van der Waals surface area contributed by atoms with Crippen molar-refractivity contribution in [3.63, 3.8) is 0 Å². The second-order valence-corrected chi connectivity index (χ2v) is 5.97. The normalized spacial score (nSPS) is 24.9. The summed E-state index contributed by atoms with van der Waals surface area (Å²) >= 11 is 1.55. The van der Waals surface area contributed by atoms with Crippen molar-refractivity contribution >= 4 is 16.7 Å². The standard InChI is InChI=1S/C12H20N4S/c1-16(8-10-4-2-3-7-13-10)12-14-11(15-17-12)9-5-6-9/h9-10,13H,2-8H2,1H3. The summed E-state index contributed by atoms with van der Waals surface area (Å²) in [6, 6.07) is 0.627. The molecule has 1 N–H and O–H groups in total. The Morgan fingerprint density at radius 3 is 2.94 bits per heavy atom. The average molecular weight is 252 g/mol. The maximum Gasteiger partial charge on any atom is 0.205 e. The van der Waals surface area contributed by atoms with Crippen LogP contribution in [0, 0.1) is 0 Å².